The third kappa shape index (κ3) is 3.72. The van der Waals surface area contributed by atoms with Gasteiger partial charge in [0.05, 0.1) is 21.4 Å². The molecule has 2 aromatic heterocycles. The summed E-state index contributed by atoms with van der Waals surface area (Å²) >= 11 is 7.19. The molecule has 0 spiro atoms. The molecule has 43 heavy (non-hydrogen) atoms. The Morgan fingerprint density at radius 3 is 1.84 bits per heavy atom. The molecule has 0 fully saturated rings. The summed E-state index contributed by atoms with van der Waals surface area (Å²) in [6, 6.07) is 22.7. The van der Waals surface area contributed by atoms with E-state index in [1.54, 1.807) is 0 Å². The van der Waals surface area contributed by atoms with E-state index in [1.165, 1.54) is 64.5 Å². The highest BCUT2D eigenvalue weighted by Crippen LogP contribution is 2.51. The van der Waals surface area contributed by atoms with E-state index in [4.69, 9.17) is 16.0 Å². The minimum Gasteiger partial charge on any atom is -0.455 e. The maximum Gasteiger partial charge on any atom is 0.146 e. The summed E-state index contributed by atoms with van der Waals surface area (Å²) in [4.78, 5) is 0. The van der Waals surface area contributed by atoms with Crippen LogP contribution in [0.4, 0.5) is 0 Å². The standard InChI is InChI=1S/C40H42ClNO/c1-37(2)15-16-38(3,4)27-19-23(13-14-26(27)37)42-31-21-29-28(39(5,6)17-18-40(29,7)8)20-25(31)35-32(42)22-30(41)34-24-11-9-10-12-33(24)43-36(34)35/h9-14,19-22H,15-18H2,1-8H3. The second kappa shape index (κ2) is 8.48. The molecule has 0 aliphatic heterocycles. The molecule has 0 saturated heterocycles. The Morgan fingerprint density at radius 2 is 1.16 bits per heavy atom. The van der Waals surface area contributed by atoms with Crippen LogP contribution in [0.1, 0.15) is 103 Å². The van der Waals surface area contributed by atoms with Crippen LogP contribution in [-0.4, -0.2) is 4.57 Å². The van der Waals surface area contributed by atoms with E-state index >= 15 is 0 Å². The van der Waals surface area contributed by atoms with Crippen molar-refractivity contribution in [2.24, 2.45) is 0 Å². The zero-order valence-electron chi connectivity index (χ0n) is 26.8. The van der Waals surface area contributed by atoms with Crippen molar-refractivity contribution >= 4 is 55.3 Å². The van der Waals surface area contributed by atoms with Gasteiger partial charge in [-0.3, -0.25) is 0 Å². The van der Waals surface area contributed by atoms with Crippen LogP contribution < -0.4 is 0 Å². The molecule has 4 aromatic carbocycles. The van der Waals surface area contributed by atoms with Gasteiger partial charge >= 0.3 is 0 Å². The third-order valence-electron chi connectivity index (χ3n) is 11.4. The molecule has 0 unspecified atom stereocenters. The van der Waals surface area contributed by atoms with Gasteiger partial charge in [-0.15, -0.1) is 0 Å². The highest BCUT2D eigenvalue weighted by molar-refractivity contribution is 6.41. The van der Waals surface area contributed by atoms with Gasteiger partial charge in [-0.1, -0.05) is 91.3 Å². The molecule has 0 amide bonds. The maximum absolute atomic E-state index is 7.19. The average Bonchev–Trinajstić information content (AvgIpc) is 3.49. The zero-order chi connectivity index (χ0) is 30.3. The molecule has 8 rings (SSSR count). The van der Waals surface area contributed by atoms with Gasteiger partial charge in [-0.2, -0.15) is 0 Å². The summed E-state index contributed by atoms with van der Waals surface area (Å²) in [7, 11) is 0. The van der Waals surface area contributed by atoms with Crippen molar-refractivity contribution < 1.29 is 4.42 Å². The molecular weight excluding hydrogens is 546 g/mol. The van der Waals surface area contributed by atoms with Gasteiger partial charge in [0.25, 0.3) is 0 Å². The van der Waals surface area contributed by atoms with Crippen LogP contribution >= 0.6 is 11.6 Å². The van der Waals surface area contributed by atoms with E-state index in [0.717, 1.165) is 37.9 Å². The van der Waals surface area contributed by atoms with Gasteiger partial charge in [-0.25, -0.2) is 0 Å². The normalized spacial score (nSPS) is 20.1. The summed E-state index contributed by atoms with van der Waals surface area (Å²) < 4.78 is 9.17. The Balaban J connectivity index is 1.56. The fourth-order valence-corrected chi connectivity index (χ4v) is 8.68. The van der Waals surface area contributed by atoms with Gasteiger partial charge < -0.3 is 8.98 Å². The predicted molar refractivity (Wildman–Crippen MR) is 184 cm³/mol. The summed E-state index contributed by atoms with van der Waals surface area (Å²) in [5.41, 5.74) is 11.7. The van der Waals surface area contributed by atoms with E-state index in [-0.39, 0.29) is 21.7 Å². The van der Waals surface area contributed by atoms with Crippen LogP contribution in [-0.2, 0) is 21.7 Å². The van der Waals surface area contributed by atoms with Gasteiger partial charge in [-0.05, 0) is 106 Å². The van der Waals surface area contributed by atoms with Crippen molar-refractivity contribution in [3.63, 3.8) is 0 Å². The van der Waals surface area contributed by atoms with Crippen LogP contribution in [0.2, 0.25) is 5.02 Å². The Morgan fingerprint density at radius 1 is 0.581 bits per heavy atom. The number of rotatable bonds is 1. The Kier molecular flexibility index (Phi) is 5.39. The van der Waals surface area contributed by atoms with Crippen molar-refractivity contribution in [3.8, 4) is 5.69 Å². The molecule has 0 atom stereocenters. The van der Waals surface area contributed by atoms with Crippen molar-refractivity contribution in [1.29, 1.82) is 0 Å². The Labute approximate surface area is 260 Å². The van der Waals surface area contributed by atoms with Gasteiger partial charge in [0.1, 0.15) is 11.2 Å². The number of fused-ring (bicyclic) bond motifs is 9. The smallest absolute Gasteiger partial charge is 0.146 e. The molecule has 2 heterocycles. The highest BCUT2D eigenvalue weighted by Gasteiger charge is 2.39. The Bertz CT molecular complexity index is 2150. The number of hydrogen-bond donors (Lipinski definition) is 0. The van der Waals surface area contributed by atoms with E-state index in [2.05, 4.69) is 115 Å². The first-order chi connectivity index (χ1) is 20.2. The molecular formula is C40H42ClNO. The zero-order valence-corrected chi connectivity index (χ0v) is 27.6. The predicted octanol–water partition coefficient (Wildman–Crippen LogP) is 12.0. The van der Waals surface area contributed by atoms with Gasteiger partial charge in [0, 0.05) is 21.8 Å². The van der Waals surface area contributed by atoms with Crippen LogP contribution in [0.5, 0.6) is 0 Å². The van der Waals surface area contributed by atoms with Crippen LogP contribution in [0.25, 0.3) is 49.4 Å². The van der Waals surface area contributed by atoms with Crippen molar-refractivity contribution in [2.75, 3.05) is 0 Å². The summed E-state index contributed by atoms with van der Waals surface area (Å²) in [5.74, 6) is 0. The van der Waals surface area contributed by atoms with Crippen molar-refractivity contribution in [3.05, 3.63) is 87.9 Å². The molecule has 2 nitrogen and oxygen atoms in total. The van der Waals surface area contributed by atoms with Crippen LogP contribution in [0.3, 0.4) is 0 Å². The first kappa shape index (κ1) is 27.3. The molecule has 0 bridgehead atoms. The van der Waals surface area contributed by atoms with Crippen molar-refractivity contribution in [2.45, 2.75) is 103 Å². The molecule has 2 aliphatic rings. The number of furan rings is 1. The minimum atomic E-state index is 0.105. The largest absolute Gasteiger partial charge is 0.455 e. The molecule has 2 aliphatic carbocycles. The number of para-hydroxylation sites is 1. The summed E-state index contributed by atoms with van der Waals surface area (Å²) in [6.45, 7) is 19.3. The molecule has 0 saturated carbocycles. The summed E-state index contributed by atoms with van der Waals surface area (Å²) in [5, 5.41) is 5.22. The highest BCUT2D eigenvalue weighted by atomic mass is 35.5. The number of halogens is 1. The van der Waals surface area contributed by atoms with Gasteiger partial charge in [0.2, 0.25) is 0 Å². The van der Waals surface area contributed by atoms with Crippen LogP contribution in [0.15, 0.2) is 65.1 Å². The topological polar surface area (TPSA) is 18.1 Å². The summed E-state index contributed by atoms with van der Waals surface area (Å²) in [6.07, 6.45) is 4.75. The first-order valence-electron chi connectivity index (χ1n) is 16.0. The van der Waals surface area contributed by atoms with Crippen molar-refractivity contribution in [1.82, 2.24) is 4.57 Å². The van der Waals surface area contributed by atoms with E-state index < -0.39 is 0 Å². The number of benzene rings is 4. The molecule has 3 heteroatoms. The van der Waals surface area contributed by atoms with Gasteiger partial charge in [0.15, 0.2) is 0 Å². The van der Waals surface area contributed by atoms with Crippen LogP contribution in [0, 0.1) is 0 Å². The lowest BCUT2D eigenvalue weighted by atomic mass is 9.63. The molecule has 0 radical (unpaired) electrons. The lowest BCUT2D eigenvalue weighted by Gasteiger charge is -2.42. The monoisotopic (exact) mass is 587 g/mol. The average molecular weight is 588 g/mol. The number of aromatic nitrogens is 1. The molecule has 0 N–H and O–H groups in total. The first-order valence-corrected chi connectivity index (χ1v) is 16.4. The Hall–Kier alpha value is -3.23. The lowest BCUT2D eigenvalue weighted by Crippen LogP contribution is -2.34. The minimum absolute atomic E-state index is 0.105. The molecule has 6 aromatic rings. The SMILES string of the molecule is CC1(C)CCC(C)(C)c2cc(-n3c4cc5c(cc4c4c6oc7ccccc7c6c(Cl)cc43)C(C)(C)CCC5(C)C)ccc21. The van der Waals surface area contributed by atoms with E-state index in [0.29, 0.717) is 0 Å². The maximum atomic E-state index is 7.19. The fraction of sp³-hybridized carbons (Fsp3) is 0.400. The second-order valence-corrected chi connectivity index (χ2v) is 16.5. The number of nitrogens with zero attached hydrogens (tertiary/aromatic N) is 1. The quantitative estimate of drug-likeness (QED) is 0.187. The fourth-order valence-electron chi connectivity index (χ4n) is 8.39. The molecule has 220 valence electrons. The lowest BCUT2D eigenvalue weighted by molar-refractivity contribution is 0.332. The second-order valence-electron chi connectivity index (χ2n) is 16.1. The van der Waals surface area contributed by atoms with E-state index in [1.807, 2.05) is 6.07 Å². The third-order valence-corrected chi connectivity index (χ3v) is 11.7. The van der Waals surface area contributed by atoms with E-state index in [9.17, 15) is 0 Å². The number of hydrogen-bond acceptors (Lipinski definition) is 1.